The first-order valence-electron chi connectivity index (χ1n) is 11.5. The Kier molecular flexibility index (Phi) is 7.45. The third-order valence-electron chi connectivity index (χ3n) is 5.82. The minimum atomic E-state index is -0.808. The van der Waals surface area contributed by atoms with E-state index in [2.05, 4.69) is 5.32 Å². The maximum absolute atomic E-state index is 13.2. The smallest absolute Gasteiger partial charge is 0.303 e. The topological polar surface area (TPSA) is 92.2 Å². The van der Waals surface area contributed by atoms with Crippen molar-refractivity contribution in [3.05, 3.63) is 95.4 Å². The summed E-state index contributed by atoms with van der Waals surface area (Å²) in [6, 6.07) is 20.6. The van der Waals surface area contributed by atoms with Crippen LogP contribution in [0.4, 0.5) is 4.39 Å². The molecule has 4 rings (SSSR count). The fourth-order valence-corrected chi connectivity index (χ4v) is 3.92. The molecule has 1 heterocycles. The number of carboxylic acids is 1. The number of fused-ring (bicyclic) bond motifs is 1. The SMILES string of the molecule is CC(NC(=O)c1ccc2nc(CCCCC(=O)O)c(-c3ccccc3)nc2c1)c1ccc(F)cc1. The predicted octanol–water partition coefficient (Wildman–Crippen LogP) is 5.72. The van der Waals surface area contributed by atoms with E-state index in [1.807, 2.05) is 37.3 Å². The van der Waals surface area contributed by atoms with E-state index in [9.17, 15) is 14.0 Å². The Hall–Kier alpha value is -4.13. The highest BCUT2D eigenvalue weighted by Crippen LogP contribution is 2.25. The zero-order valence-electron chi connectivity index (χ0n) is 19.4. The van der Waals surface area contributed by atoms with Crippen molar-refractivity contribution >= 4 is 22.9 Å². The van der Waals surface area contributed by atoms with E-state index < -0.39 is 5.97 Å². The molecule has 0 aliphatic heterocycles. The van der Waals surface area contributed by atoms with E-state index in [1.54, 1.807) is 30.3 Å². The van der Waals surface area contributed by atoms with Gasteiger partial charge in [0.2, 0.25) is 0 Å². The van der Waals surface area contributed by atoms with Gasteiger partial charge in [0.05, 0.1) is 28.5 Å². The lowest BCUT2D eigenvalue weighted by molar-refractivity contribution is -0.137. The quantitative estimate of drug-likeness (QED) is 0.305. The van der Waals surface area contributed by atoms with Gasteiger partial charge in [-0.05, 0) is 62.1 Å². The first-order valence-corrected chi connectivity index (χ1v) is 11.5. The second-order valence-electron chi connectivity index (χ2n) is 8.44. The van der Waals surface area contributed by atoms with Crippen molar-refractivity contribution in [2.75, 3.05) is 0 Å². The molecular formula is C28H26FN3O3. The molecule has 0 fully saturated rings. The van der Waals surface area contributed by atoms with Crippen molar-refractivity contribution in [1.82, 2.24) is 15.3 Å². The standard InChI is InChI=1S/C28H26FN3O3/c1-18(19-11-14-22(29)15-12-19)30-28(35)21-13-16-23-25(17-21)32-27(20-7-3-2-4-8-20)24(31-23)9-5-6-10-26(33)34/h2-4,7-8,11-18H,5-6,9-10H2,1H3,(H,30,35)(H,33,34). The normalized spacial score (nSPS) is 11.8. The van der Waals surface area contributed by atoms with Gasteiger partial charge in [0.25, 0.3) is 5.91 Å². The Balaban J connectivity index is 1.61. The lowest BCUT2D eigenvalue weighted by atomic mass is 10.0. The van der Waals surface area contributed by atoms with Gasteiger partial charge in [-0.25, -0.2) is 14.4 Å². The van der Waals surface area contributed by atoms with Gasteiger partial charge in [-0.15, -0.1) is 0 Å². The largest absolute Gasteiger partial charge is 0.481 e. The Morgan fingerprint density at radius 1 is 0.943 bits per heavy atom. The number of carbonyl (C=O) groups excluding carboxylic acids is 1. The summed E-state index contributed by atoms with van der Waals surface area (Å²) in [6.45, 7) is 1.84. The molecular weight excluding hydrogens is 445 g/mol. The first-order chi connectivity index (χ1) is 16.9. The number of amides is 1. The molecule has 0 spiro atoms. The molecule has 35 heavy (non-hydrogen) atoms. The third kappa shape index (κ3) is 6.06. The van der Waals surface area contributed by atoms with E-state index in [0.29, 0.717) is 35.9 Å². The molecule has 178 valence electrons. The fourth-order valence-electron chi connectivity index (χ4n) is 3.92. The highest BCUT2D eigenvalue weighted by Gasteiger charge is 2.15. The van der Waals surface area contributed by atoms with Crippen molar-refractivity contribution < 1.29 is 19.1 Å². The maximum Gasteiger partial charge on any atom is 0.303 e. The summed E-state index contributed by atoms with van der Waals surface area (Å²) in [6.07, 6.45) is 1.98. The second kappa shape index (κ2) is 10.9. The van der Waals surface area contributed by atoms with Gasteiger partial charge < -0.3 is 10.4 Å². The average Bonchev–Trinajstić information content (AvgIpc) is 2.86. The number of aryl methyl sites for hydroxylation is 1. The molecule has 0 aliphatic carbocycles. The van der Waals surface area contributed by atoms with Crippen LogP contribution in [0.15, 0.2) is 72.8 Å². The molecule has 1 aromatic heterocycles. The van der Waals surface area contributed by atoms with Gasteiger partial charge in [-0.1, -0.05) is 42.5 Å². The number of unbranched alkanes of at least 4 members (excludes halogenated alkanes) is 1. The summed E-state index contributed by atoms with van der Waals surface area (Å²) in [5.41, 5.74) is 4.96. The molecule has 6 nitrogen and oxygen atoms in total. The van der Waals surface area contributed by atoms with Gasteiger partial charge in [-0.2, -0.15) is 0 Å². The van der Waals surface area contributed by atoms with Crippen LogP contribution >= 0.6 is 0 Å². The second-order valence-corrected chi connectivity index (χ2v) is 8.44. The minimum Gasteiger partial charge on any atom is -0.481 e. The van der Waals surface area contributed by atoms with Crippen molar-refractivity contribution in [2.45, 2.75) is 38.6 Å². The van der Waals surface area contributed by atoms with Crippen LogP contribution in [0.25, 0.3) is 22.3 Å². The predicted molar refractivity (Wildman–Crippen MR) is 132 cm³/mol. The zero-order chi connectivity index (χ0) is 24.8. The van der Waals surface area contributed by atoms with Crippen LogP contribution in [0.1, 0.15) is 53.8 Å². The monoisotopic (exact) mass is 471 g/mol. The molecule has 0 bridgehead atoms. The molecule has 3 aromatic carbocycles. The van der Waals surface area contributed by atoms with Crippen LogP contribution in [0.5, 0.6) is 0 Å². The number of nitrogens with one attached hydrogen (secondary N) is 1. The molecule has 1 unspecified atom stereocenters. The molecule has 4 aromatic rings. The number of rotatable bonds is 9. The number of carbonyl (C=O) groups is 2. The molecule has 1 atom stereocenters. The van der Waals surface area contributed by atoms with Crippen LogP contribution in [0, 0.1) is 5.82 Å². The zero-order valence-corrected chi connectivity index (χ0v) is 19.4. The summed E-state index contributed by atoms with van der Waals surface area (Å²) in [5.74, 6) is -1.39. The molecule has 7 heteroatoms. The minimum absolute atomic E-state index is 0.122. The van der Waals surface area contributed by atoms with Crippen LogP contribution in [-0.2, 0) is 11.2 Å². The maximum atomic E-state index is 13.2. The molecule has 0 aliphatic rings. The summed E-state index contributed by atoms with van der Waals surface area (Å²) < 4.78 is 13.2. The Morgan fingerprint density at radius 2 is 1.69 bits per heavy atom. The van der Waals surface area contributed by atoms with Gasteiger partial charge in [0.1, 0.15) is 5.82 Å². The highest BCUT2D eigenvalue weighted by atomic mass is 19.1. The number of aliphatic carboxylic acids is 1. The number of hydrogen-bond acceptors (Lipinski definition) is 4. The van der Waals surface area contributed by atoms with Gasteiger partial charge in [-0.3, -0.25) is 9.59 Å². The van der Waals surface area contributed by atoms with Gasteiger partial charge in [0.15, 0.2) is 0 Å². The molecule has 1 amide bonds. The molecule has 0 saturated carbocycles. The summed E-state index contributed by atoms with van der Waals surface area (Å²) in [4.78, 5) is 33.4. The van der Waals surface area contributed by atoms with E-state index in [1.165, 1.54) is 12.1 Å². The molecule has 0 saturated heterocycles. The van der Waals surface area contributed by atoms with Crippen LogP contribution in [0.2, 0.25) is 0 Å². The van der Waals surface area contributed by atoms with Crippen molar-refractivity contribution in [2.24, 2.45) is 0 Å². The lowest BCUT2D eigenvalue weighted by Crippen LogP contribution is -2.26. The number of hydrogen-bond donors (Lipinski definition) is 2. The van der Waals surface area contributed by atoms with Crippen molar-refractivity contribution in [3.8, 4) is 11.3 Å². The number of aromatic nitrogens is 2. The van der Waals surface area contributed by atoms with Crippen molar-refractivity contribution in [1.29, 1.82) is 0 Å². The number of carboxylic acid groups (broad SMARTS) is 1. The Bertz CT molecular complexity index is 1340. The number of halogens is 1. The van der Waals surface area contributed by atoms with E-state index in [4.69, 9.17) is 15.1 Å². The number of benzene rings is 3. The Labute approximate surface area is 202 Å². The van der Waals surface area contributed by atoms with Gasteiger partial charge >= 0.3 is 5.97 Å². The average molecular weight is 472 g/mol. The fraction of sp³-hybridized carbons (Fsp3) is 0.214. The van der Waals surface area contributed by atoms with Crippen LogP contribution in [0.3, 0.4) is 0 Å². The van der Waals surface area contributed by atoms with E-state index in [0.717, 1.165) is 22.5 Å². The van der Waals surface area contributed by atoms with Crippen LogP contribution in [-0.4, -0.2) is 27.0 Å². The summed E-state index contributed by atoms with van der Waals surface area (Å²) in [5, 5.41) is 11.9. The first kappa shape index (κ1) is 24.0. The highest BCUT2D eigenvalue weighted by molar-refractivity contribution is 5.97. The van der Waals surface area contributed by atoms with Crippen LogP contribution < -0.4 is 5.32 Å². The molecule has 2 N–H and O–H groups in total. The van der Waals surface area contributed by atoms with E-state index >= 15 is 0 Å². The Morgan fingerprint density at radius 3 is 2.40 bits per heavy atom. The third-order valence-corrected chi connectivity index (χ3v) is 5.82. The van der Waals surface area contributed by atoms with Crippen molar-refractivity contribution in [3.63, 3.8) is 0 Å². The number of nitrogens with zero attached hydrogens (tertiary/aromatic N) is 2. The van der Waals surface area contributed by atoms with E-state index in [-0.39, 0.29) is 24.2 Å². The molecule has 0 radical (unpaired) electrons. The van der Waals surface area contributed by atoms with Gasteiger partial charge in [0, 0.05) is 17.5 Å². The lowest BCUT2D eigenvalue weighted by Gasteiger charge is -2.15. The summed E-state index contributed by atoms with van der Waals surface area (Å²) >= 11 is 0. The summed E-state index contributed by atoms with van der Waals surface area (Å²) in [7, 11) is 0.